The average Bonchev–Trinajstić information content (AvgIpc) is 2.77. The normalized spacial score (nSPS) is 23.3. The highest BCUT2D eigenvalue weighted by atomic mass is 32.2. The predicted octanol–water partition coefficient (Wildman–Crippen LogP) is 2.74. The van der Waals surface area contributed by atoms with Gasteiger partial charge in [-0.15, -0.1) is 0 Å². The minimum atomic E-state index is 0.317. The molecule has 5 heteroatoms. The second-order valence-corrected chi connectivity index (χ2v) is 5.75. The van der Waals surface area contributed by atoms with Crippen LogP contribution >= 0.6 is 11.8 Å². The van der Waals surface area contributed by atoms with Gasteiger partial charge >= 0.3 is 0 Å². The Morgan fingerprint density at radius 3 is 2.94 bits per heavy atom. The van der Waals surface area contributed by atoms with Gasteiger partial charge in [-0.2, -0.15) is 0 Å². The van der Waals surface area contributed by atoms with E-state index < -0.39 is 0 Å². The molecule has 2 unspecified atom stereocenters. The number of anilines is 1. The highest BCUT2D eigenvalue weighted by Crippen LogP contribution is 2.35. The number of aromatic nitrogens is 2. The molecular formula is C13H21N3OS. The van der Waals surface area contributed by atoms with Gasteiger partial charge in [0.15, 0.2) is 0 Å². The third-order valence-corrected chi connectivity index (χ3v) is 4.71. The molecule has 0 saturated carbocycles. The van der Waals surface area contributed by atoms with Gasteiger partial charge < -0.3 is 10.1 Å². The Morgan fingerprint density at radius 1 is 1.50 bits per heavy atom. The second-order valence-electron chi connectivity index (χ2n) is 4.53. The summed E-state index contributed by atoms with van der Waals surface area (Å²) >= 11 is 1.84. The van der Waals surface area contributed by atoms with Crippen molar-refractivity contribution in [3.8, 4) is 0 Å². The van der Waals surface area contributed by atoms with Crippen molar-refractivity contribution in [1.29, 1.82) is 0 Å². The van der Waals surface area contributed by atoms with Gasteiger partial charge in [0.25, 0.3) is 0 Å². The number of nitrogens with zero attached hydrogens (tertiary/aromatic N) is 2. The molecule has 0 aromatic carbocycles. The van der Waals surface area contributed by atoms with E-state index >= 15 is 0 Å². The maximum Gasteiger partial charge on any atom is 0.133 e. The van der Waals surface area contributed by atoms with E-state index in [1.807, 2.05) is 18.8 Å². The van der Waals surface area contributed by atoms with Gasteiger partial charge in [0, 0.05) is 24.5 Å². The van der Waals surface area contributed by atoms with Crippen LogP contribution in [0, 0.1) is 0 Å². The standard InChI is InChI=1S/C13H21N3OS/c1-4-5-10-12(14-3)15-8-16-13(10)18-11-6-7-17-9(11)2/h8-9,11H,4-7H2,1-3H3,(H,14,15,16). The zero-order valence-corrected chi connectivity index (χ0v) is 12.1. The Hall–Kier alpha value is -0.810. The third-order valence-electron chi connectivity index (χ3n) is 3.21. The summed E-state index contributed by atoms with van der Waals surface area (Å²) < 4.78 is 5.61. The molecule has 1 fully saturated rings. The van der Waals surface area contributed by atoms with Gasteiger partial charge in [-0.05, 0) is 19.8 Å². The number of hydrogen-bond acceptors (Lipinski definition) is 5. The Kier molecular flexibility index (Phi) is 4.83. The second kappa shape index (κ2) is 6.38. The zero-order valence-electron chi connectivity index (χ0n) is 11.3. The van der Waals surface area contributed by atoms with E-state index in [2.05, 4.69) is 29.1 Å². The Balaban J connectivity index is 2.20. The summed E-state index contributed by atoms with van der Waals surface area (Å²) in [5.74, 6) is 0.959. The lowest BCUT2D eigenvalue weighted by atomic mass is 10.2. The molecule has 1 aliphatic rings. The maximum absolute atomic E-state index is 5.61. The number of thioether (sulfide) groups is 1. The quantitative estimate of drug-likeness (QED) is 0.831. The smallest absolute Gasteiger partial charge is 0.133 e. The lowest BCUT2D eigenvalue weighted by molar-refractivity contribution is 0.127. The number of hydrogen-bond donors (Lipinski definition) is 1. The molecule has 0 aliphatic carbocycles. The predicted molar refractivity (Wildman–Crippen MR) is 75.2 cm³/mol. The fraction of sp³-hybridized carbons (Fsp3) is 0.692. The van der Waals surface area contributed by atoms with Crippen molar-refractivity contribution in [1.82, 2.24) is 9.97 Å². The van der Waals surface area contributed by atoms with Gasteiger partial charge in [-0.3, -0.25) is 0 Å². The summed E-state index contributed by atoms with van der Waals surface area (Å²) in [4.78, 5) is 8.76. The van der Waals surface area contributed by atoms with E-state index in [9.17, 15) is 0 Å². The first-order chi connectivity index (χ1) is 8.76. The molecule has 0 bridgehead atoms. The molecule has 1 aromatic heterocycles. The molecule has 1 aromatic rings. The molecule has 2 rings (SSSR count). The zero-order chi connectivity index (χ0) is 13.0. The van der Waals surface area contributed by atoms with Crippen molar-refractivity contribution < 1.29 is 4.74 Å². The number of nitrogens with one attached hydrogen (secondary N) is 1. The van der Waals surface area contributed by atoms with Gasteiger partial charge in [0.1, 0.15) is 17.2 Å². The van der Waals surface area contributed by atoms with Crippen molar-refractivity contribution >= 4 is 17.6 Å². The van der Waals surface area contributed by atoms with Crippen molar-refractivity contribution in [2.45, 2.75) is 49.5 Å². The maximum atomic E-state index is 5.61. The van der Waals surface area contributed by atoms with E-state index in [1.165, 1.54) is 5.56 Å². The SMILES string of the molecule is CCCc1c(NC)ncnc1SC1CCOC1C. The summed E-state index contributed by atoms with van der Waals surface area (Å²) in [6.45, 7) is 5.19. The van der Waals surface area contributed by atoms with E-state index in [0.717, 1.165) is 36.7 Å². The number of rotatable bonds is 5. The fourth-order valence-electron chi connectivity index (χ4n) is 2.20. The van der Waals surface area contributed by atoms with Crippen LogP contribution in [0.1, 0.15) is 32.3 Å². The van der Waals surface area contributed by atoms with Crippen molar-refractivity contribution in [3.05, 3.63) is 11.9 Å². The molecule has 1 N–H and O–H groups in total. The average molecular weight is 267 g/mol. The van der Waals surface area contributed by atoms with Crippen LogP contribution in [0.2, 0.25) is 0 Å². The van der Waals surface area contributed by atoms with Crippen LogP contribution in [-0.4, -0.2) is 35.0 Å². The lowest BCUT2D eigenvalue weighted by Crippen LogP contribution is -2.14. The summed E-state index contributed by atoms with van der Waals surface area (Å²) in [5, 5.41) is 4.79. The molecule has 2 atom stereocenters. The molecule has 0 spiro atoms. The topological polar surface area (TPSA) is 47.0 Å². The van der Waals surface area contributed by atoms with Crippen molar-refractivity contribution in [2.75, 3.05) is 19.0 Å². The van der Waals surface area contributed by atoms with Gasteiger partial charge in [0.2, 0.25) is 0 Å². The molecule has 1 saturated heterocycles. The molecule has 0 amide bonds. The molecule has 4 nitrogen and oxygen atoms in total. The van der Waals surface area contributed by atoms with Crippen LogP contribution in [0.4, 0.5) is 5.82 Å². The monoisotopic (exact) mass is 267 g/mol. The summed E-state index contributed by atoms with van der Waals surface area (Å²) in [5.41, 5.74) is 1.24. The first kappa shape index (κ1) is 13.6. The molecular weight excluding hydrogens is 246 g/mol. The Morgan fingerprint density at radius 2 is 2.33 bits per heavy atom. The van der Waals surface area contributed by atoms with Gasteiger partial charge in [0.05, 0.1) is 6.10 Å². The molecule has 100 valence electrons. The van der Waals surface area contributed by atoms with E-state index in [4.69, 9.17) is 4.74 Å². The summed E-state index contributed by atoms with van der Waals surface area (Å²) in [6, 6.07) is 0. The lowest BCUT2D eigenvalue weighted by Gasteiger charge is -2.16. The van der Waals surface area contributed by atoms with Crippen LogP contribution in [0.5, 0.6) is 0 Å². The fourth-order valence-corrected chi connectivity index (χ4v) is 3.42. The van der Waals surface area contributed by atoms with Crippen molar-refractivity contribution in [3.63, 3.8) is 0 Å². The first-order valence-corrected chi connectivity index (χ1v) is 7.44. The van der Waals surface area contributed by atoms with E-state index in [-0.39, 0.29) is 0 Å². The largest absolute Gasteiger partial charge is 0.377 e. The molecule has 1 aliphatic heterocycles. The highest BCUT2D eigenvalue weighted by Gasteiger charge is 2.27. The molecule has 2 heterocycles. The number of ether oxygens (including phenoxy) is 1. The molecule has 0 radical (unpaired) electrons. The Bertz CT molecular complexity index is 400. The van der Waals surface area contributed by atoms with Crippen molar-refractivity contribution in [2.24, 2.45) is 0 Å². The van der Waals surface area contributed by atoms with E-state index in [0.29, 0.717) is 11.4 Å². The van der Waals surface area contributed by atoms with Crippen LogP contribution in [0.3, 0.4) is 0 Å². The van der Waals surface area contributed by atoms with Crippen LogP contribution in [0.15, 0.2) is 11.4 Å². The minimum Gasteiger partial charge on any atom is -0.377 e. The minimum absolute atomic E-state index is 0.317. The van der Waals surface area contributed by atoms with Crippen LogP contribution in [-0.2, 0) is 11.2 Å². The van der Waals surface area contributed by atoms with Crippen LogP contribution < -0.4 is 5.32 Å². The Labute approximate surface area is 113 Å². The first-order valence-electron chi connectivity index (χ1n) is 6.56. The van der Waals surface area contributed by atoms with Gasteiger partial charge in [-0.25, -0.2) is 9.97 Å². The highest BCUT2D eigenvalue weighted by molar-refractivity contribution is 8.00. The third kappa shape index (κ3) is 2.95. The van der Waals surface area contributed by atoms with E-state index in [1.54, 1.807) is 6.33 Å². The summed E-state index contributed by atoms with van der Waals surface area (Å²) in [6.07, 6.45) is 5.19. The molecule has 18 heavy (non-hydrogen) atoms. The van der Waals surface area contributed by atoms with Crippen LogP contribution in [0.25, 0.3) is 0 Å². The van der Waals surface area contributed by atoms with Gasteiger partial charge in [-0.1, -0.05) is 25.1 Å². The summed E-state index contributed by atoms with van der Waals surface area (Å²) in [7, 11) is 1.91.